The summed E-state index contributed by atoms with van der Waals surface area (Å²) in [6, 6.07) is 25.1. The standard InChI is InChI=1S/C27H41BrO2Si2/c1-8-31(9-2,10-3)30-24(21-23(4)28)22-29-32(27(5,6)7,25-17-13-11-14-18-25)26-19-15-12-16-20-26/h11-20,24H,4,8-10,21-22H2,1-3,5-7H3/t24-/m1/s1. The van der Waals surface area contributed by atoms with Crippen LogP contribution in [0.15, 0.2) is 71.7 Å². The topological polar surface area (TPSA) is 18.5 Å². The van der Waals surface area contributed by atoms with Crippen molar-refractivity contribution in [3.05, 3.63) is 71.7 Å². The molecule has 2 aromatic rings. The average molecular weight is 534 g/mol. The minimum atomic E-state index is -2.58. The van der Waals surface area contributed by atoms with Gasteiger partial charge < -0.3 is 8.85 Å². The van der Waals surface area contributed by atoms with Crippen molar-refractivity contribution in [1.82, 2.24) is 0 Å². The summed E-state index contributed by atoms with van der Waals surface area (Å²) in [5, 5.41) is 2.57. The zero-order valence-electron chi connectivity index (χ0n) is 20.8. The summed E-state index contributed by atoms with van der Waals surface area (Å²) >= 11 is 3.59. The molecule has 176 valence electrons. The van der Waals surface area contributed by atoms with Crippen molar-refractivity contribution < 1.29 is 8.85 Å². The Morgan fingerprint density at radius 1 is 0.875 bits per heavy atom. The van der Waals surface area contributed by atoms with Crippen LogP contribution >= 0.6 is 15.9 Å². The summed E-state index contributed by atoms with van der Waals surface area (Å²) in [6.45, 7) is 18.5. The van der Waals surface area contributed by atoms with Crippen LogP contribution in [0.25, 0.3) is 0 Å². The van der Waals surface area contributed by atoms with Gasteiger partial charge in [-0.1, -0.05) is 125 Å². The third-order valence-electron chi connectivity index (χ3n) is 6.70. The highest BCUT2D eigenvalue weighted by Gasteiger charge is 2.50. The molecule has 2 rings (SSSR count). The Labute approximate surface area is 206 Å². The molecule has 0 unspecified atom stereocenters. The molecule has 0 fully saturated rings. The minimum absolute atomic E-state index is 0.00930. The van der Waals surface area contributed by atoms with Crippen LogP contribution in [0.2, 0.25) is 23.2 Å². The lowest BCUT2D eigenvalue weighted by Gasteiger charge is -2.44. The number of hydrogen-bond acceptors (Lipinski definition) is 2. The number of rotatable bonds is 12. The summed E-state index contributed by atoms with van der Waals surface area (Å²) < 4.78 is 15.1. The molecule has 1 atom stereocenters. The molecule has 2 aromatic carbocycles. The highest BCUT2D eigenvalue weighted by atomic mass is 79.9. The van der Waals surface area contributed by atoms with Gasteiger partial charge in [-0.2, -0.15) is 0 Å². The first-order valence-electron chi connectivity index (χ1n) is 11.9. The van der Waals surface area contributed by atoms with Gasteiger partial charge in [0.15, 0.2) is 8.32 Å². The summed E-state index contributed by atoms with van der Waals surface area (Å²) in [5.74, 6) is 0. The van der Waals surface area contributed by atoms with E-state index in [-0.39, 0.29) is 11.1 Å². The van der Waals surface area contributed by atoms with Crippen molar-refractivity contribution in [3.8, 4) is 0 Å². The lowest BCUT2D eigenvalue weighted by atomic mass is 10.2. The molecule has 32 heavy (non-hydrogen) atoms. The number of hydrogen-bond donors (Lipinski definition) is 0. The van der Waals surface area contributed by atoms with E-state index in [2.05, 4.69) is 125 Å². The number of halogens is 1. The maximum absolute atomic E-state index is 7.18. The largest absolute Gasteiger partial charge is 0.411 e. The average Bonchev–Trinajstić information content (AvgIpc) is 2.78. The monoisotopic (exact) mass is 532 g/mol. The van der Waals surface area contributed by atoms with E-state index in [9.17, 15) is 0 Å². The molecule has 0 spiro atoms. The molecule has 0 saturated carbocycles. The van der Waals surface area contributed by atoms with Crippen molar-refractivity contribution in [3.63, 3.8) is 0 Å². The van der Waals surface area contributed by atoms with E-state index in [1.54, 1.807) is 0 Å². The first-order chi connectivity index (χ1) is 15.1. The Bertz CT molecular complexity index is 782. The highest BCUT2D eigenvalue weighted by Crippen LogP contribution is 2.37. The first kappa shape index (κ1) is 27.3. The fraction of sp³-hybridized carbons (Fsp3) is 0.481. The van der Waals surface area contributed by atoms with Gasteiger partial charge >= 0.3 is 0 Å². The van der Waals surface area contributed by atoms with Gasteiger partial charge in [0.2, 0.25) is 0 Å². The highest BCUT2D eigenvalue weighted by molar-refractivity contribution is 9.11. The summed E-state index contributed by atoms with van der Waals surface area (Å²) in [4.78, 5) is 0. The van der Waals surface area contributed by atoms with Gasteiger partial charge in [0.25, 0.3) is 8.32 Å². The molecule has 2 nitrogen and oxygen atoms in total. The van der Waals surface area contributed by atoms with Gasteiger partial charge in [-0.05, 0) is 38.0 Å². The smallest absolute Gasteiger partial charge is 0.261 e. The molecule has 0 bridgehead atoms. The van der Waals surface area contributed by atoms with E-state index in [1.165, 1.54) is 10.4 Å². The molecule has 0 saturated heterocycles. The van der Waals surface area contributed by atoms with Crippen molar-refractivity contribution in [2.75, 3.05) is 6.61 Å². The van der Waals surface area contributed by atoms with Gasteiger partial charge in [0.05, 0.1) is 12.7 Å². The van der Waals surface area contributed by atoms with Crippen LogP contribution in [0.5, 0.6) is 0 Å². The van der Waals surface area contributed by atoms with Gasteiger partial charge in [0.1, 0.15) is 0 Å². The van der Waals surface area contributed by atoms with Crippen molar-refractivity contribution >= 4 is 42.9 Å². The summed E-state index contributed by atoms with van der Waals surface area (Å²) in [7, 11) is -4.35. The number of benzene rings is 2. The van der Waals surface area contributed by atoms with E-state index >= 15 is 0 Å². The van der Waals surface area contributed by atoms with E-state index < -0.39 is 16.6 Å². The second kappa shape index (κ2) is 11.9. The Morgan fingerprint density at radius 3 is 1.66 bits per heavy atom. The van der Waals surface area contributed by atoms with Gasteiger partial charge in [-0.15, -0.1) is 0 Å². The summed E-state index contributed by atoms with van der Waals surface area (Å²) in [5.41, 5.74) is 0. The Morgan fingerprint density at radius 2 is 1.31 bits per heavy atom. The molecule has 0 aliphatic heterocycles. The van der Waals surface area contributed by atoms with Crippen LogP contribution in [0.1, 0.15) is 48.0 Å². The minimum Gasteiger partial charge on any atom is -0.411 e. The van der Waals surface area contributed by atoms with E-state index in [0.29, 0.717) is 6.61 Å². The molecule has 5 heteroatoms. The van der Waals surface area contributed by atoms with Crippen LogP contribution in [0.4, 0.5) is 0 Å². The second-order valence-electron chi connectivity index (χ2n) is 9.68. The lowest BCUT2D eigenvalue weighted by Crippen LogP contribution is -2.67. The molecular weight excluding hydrogens is 492 g/mol. The van der Waals surface area contributed by atoms with E-state index in [4.69, 9.17) is 8.85 Å². The Kier molecular flexibility index (Phi) is 10.2. The SMILES string of the molecule is C=C(Br)C[C@H](CO[Si](c1ccccc1)(c1ccccc1)C(C)(C)C)O[Si](CC)(CC)CC. The Balaban J connectivity index is 2.51. The molecule has 0 amide bonds. The Hall–Kier alpha value is -0.986. The molecule has 0 aliphatic carbocycles. The lowest BCUT2D eigenvalue weighted by molar-refractivity contribution is 0.114. The molecule has 0 aliphatic rings. The van der Waals surface area contributed by atoms with Crippen LogP contribution in [-0.4, -0.2) is 29.3 Å². The van der Waals surface area contributed by atoms with Crippen molar-refractivity contribution in [1.29, 1.82) is 0 Å². The predicted molar refractivity (Wildman–Crippen MR) is 148 cm³/mol. The van der Waals surface area contributed by atoms with E-state index in [0.717, 1.165) is 29.0 Å². The van der Waals surface area contributed by atoms with Crippen molar-refractivity contribution in [2.24, 2.45) is 0 Å². The van der Waals surface area contributed by atoms with Crippen LogP contribution in [-0.2, 0) is 8.85 Å². The maximum atomic E-state index is 7.18. The first-order valence-corrected chi connectivity index (χ1v) is 17.1. The van der Waals surface area contributed by atoms with Crippen LogP contribution in [0, 0.1) is 0 Å². The fourth-order valence-electron chi connectivity index (χ4n) is 4.71. The quantitative estimate of drug-likeness (QED) is 0.268. The predicted octanol–water partition coefficient (Wildman–Crippen LogP) is 7.25. The van der Waals surface area contributed by atoms with Gasteiger partial charge in [0, 0.05) is 6.42 Å². The normalized spacial score (nSPS) is 13.7. The summed E-state index contributed by atoms with van der Waals surface area (Å²) in [6.07, 6.45) is 0.780. The molecule has 0 heterocycles. The third kappa shape index (κ3) is 6.32. The molecule has 0 aromatic heterocycles. The molecule has 0 N–H and O–H groups in total. The third-order valence-corrected chi connectivity index (χ3v) is 16.7. The maximum Gasteiger partial charge on any atom is 0.261 e. The van der Waals surface area contributed by atoms with Crippen molar-refractivity contribution in [2.45, 2.75) is 77.2 Å². The van der Waals surface area contributed by atoms with Gasteiger partial charge in [-0.3, -0.25) is 0 Å². The van der Waals surface area contributed by atoms with Gasteiger partial charge in [-0.25, -0.2) is 0 Å². The zero-order chi connectivity index (χ0) is 23.8. The van der Waals surface area contributed by atoms with Crippen LogP contribution in [0.3, 0.4) is 0 Å². The zero-order valence-corrected chi connectivity index (χ0v) is 24.4. The molecule has 0 radical (unpaired) electrons. The molecular formula is C27H41BrO2Si2. The fourth-order valence-corrected chi connectivity index (χ4v) is 12.5. The van der Waals surface area contributed by atoms with E-state index in [1.807, 2.05) is 0 Å². The second-order valence-corrected chi connectivity index (χ2v) is 19.8. The van der Waals surface area contributed by atoms with Crippen LogP contribution < -0.4 is 10.4 Å².